The summed E-state index contributed by atoms with van der Waals surface area (Å²) in [6.07, 6.45) is 13.6. The van der Waals surface area contributed by atoms with E-state index in [0.717, 1.165) is 38.5 Å². The molecule has 2 nitrogen and oxygen atoms in total. The zero-order valence-electron chi connectivity index (χ0n) is 15.1. The maximum Gasteiger partial charge on any atom is 0.303 e. The lowest BCUT2D eigenvalue weighted by Gasteiger charge is -2.06. The number of carboxylic acids is 1. The molecule has 0 rings (SSSR count). The van der Waals surface area contributed by atoms with Crippen LogP contribution in [0.25, 0.3) is 0 Å². The first-order valence-electron chi connectivity index (χ1n) is 8.47. The van der Waals surface area contributed by atoms with Crippen molar-refractivity contribution in [3.8, 4) is 0 Å². The lowest BCUT2D eigenvalue weighted by Crippen LogP contribution is -2.03. The Morgan fingerprint density at radius 1 is 0.909 bits per heavy atom. The fourth-order valence-electron chi connectivity index (χ4n) is 2.35. The summed E-state index contributed by atoms with van der Waals surface area (Å²) < 4.78 is 0. The minimum atomic E-state index is -0.693. The third-order valence-electron chi connectivity index (χ3n) is 3.80. The molecule has 0 aliphatic carbocycles. The third-order valence-corrected chi connectivity index (χ3v) is 3.80. The SMILES string of the molecule is CC(C)=CCC/C(C)=C/CC/C(C)=C/CCC(C)CC(=O)O. The molecule has 0 heterocycles. The fraction of sp³-hybridized carbons (Fsp3) is 0.650. The maximum absolute atomic E-state index is 10.6. The molecule has 0 aliphatic rings. The van der Waals surface area contributed by atoms with Gasteiger partial charge in [0, 0.05) is 6.42 Å². The van der Waals surface area contributed by atoms with E-state index < -0.39 is 5.97 Å². The number of allylic oxidation sites excluding steroid dienone is 6. The monoisotopic (exact) mass is 306 g/mol. The molecule has 0 aromatic carbocycles. The molecule has 1 unspecified atom stereocenters. The smallest absolute Gasteiger partial charge is 0.303 e. The van der Waals surface area contributed by atoms with Crippen molar-refractivity contribution < 1.29 is 9.90 Å². The van der Waals surface area contributed by atoms with Crippen LogP contribution in [0.1, 0.15) is 79.6 Å². The molecule has 0 bridgehead atoms. The van der Waals surface area contributed by atoms with E-state index in [4.69, 9.17) is 5.11 Å². The van der Waals surface area contributed by atoms with E-state index in [1.807, 2.05) is 6.92 Å². The third kappa shape index (κ3) is 13.7. The summed E-state index contributed by atoms with van der Waals surface area (Å²) in [5.41, 5.74) is 4.28. The Balaban J connectivity index is 3.91. The van der Waals surface area contributed by atoms with Crippen molar-refractivity contribution in [3.63, 3.8) is 0 Å². The van der Waals surface area contributed by atoms with Gasteiger partial charge in [0.1, 0.15) is 0 Å². The zero-order chi connectivity index (χ0) is 17.0. The van der Waals surface area contributed by atoms with Crippen LogP contribution in [0.2, 0.25) is 0 Å². The summed E-state index contributed by atoms with van der Waals surface area (Å²) in [4.78, 5) is 10.6. The van der Waals surface area contributed by atoms with Crippen LogP contribution in [0.4, 0.5) is 0 Å². The summed E-state index contributed by atoms with van der Waals surface area (Å²) in [6, 6.07) is 0. The van der Waals surface area contributed by atoms with E-state index in [2.05, 4.69) is 45.9 Å². The molecule has 0 fully saturated rings. The highest BCUT2D eigenvalue weighted by Crippen LogP contribution is 2.15. The minimum Gasteiger partial charge on any atom is -0.481 e. The summed E-state index contributed by atoms with van der Waals surface area (Å²) in [5, 5.41) is 8.73. The van der Waals surface area contributed by atoms with Crippen LogP contribution >= 0.6 is 0 Å². The van der Waals surface area contributed by atoms with Crippen molar-refractivity contribution in [2.75, 3.05) is 0 Å². The van der Waals surface area contributed by atoms with E-state index in [1.165, 1.54) is 16.7 Å². The number of carboxylic acid groups (broad SMARTS) is 1. The first kappa shape index (κ1) is 20.7. The molecule has 2 heteroatoms. The van der Waals surface area contributed by atoms with Gasteiger partial charge in [-0.1, -0.05) is 41.9 Å². The van der Waals surface area contributed by atoms with Crippen molar-refractivity contribution in [2.24, 2.45) is 5.92 Å². The normalized spacial score (nSPS) is 13.9. The molecule has 0 aromatic heterocycles. The van der Waals surface area contributed by atoms with E-state index in [0.29, 0.717) is 0 Å². The lowest BCUT2D eigenvalue weighted by atomic mass is 10.00. The molecular weight excluding hydrogens is 272 g/mol. The predicted octanol–water partition coefficient (Wildman–Crippen LogP) is 6.30. The van der Waals surface area contributed by atoms with Gasteiger partial charge >= 0.3 is 5.97 Å². The number of hydrogen-bond donors (Lipinski definition) is 1. The highest BCUT2D eigenvalue weighted by Gasteiger charge is 2.05. The van der Waals surface area contributed by atoms with Crippen LogP contribution < -0.4 is 0 Å². The van der Waals surface area contributed by atoms with Crippen molar-refractivity contribution >= 4 is 5.97 Å². The molecule has 0 radical (unpaired) electrons. The van der Waals surface area contributed by atoms with Crippen LogP contribution in [0, 0.1) is 5.92 Å². The van der Waals surface area contributed by atoms with Crippen molar-refractivity contribution in [1.82, 2.24) is 0 Å². The molecule has 0 aliphatic heterocycles. The minimum absolute atomic E-state index is 0.263. The van der Waals surface area contributed by atoms with Gasteiger partial charge in [0.2, 0.25) is 0 Å². The van der Waals surface area contributed by atoms with Gasteiger partial charge in [-0.15, -0.1) is 0 Å². The van der Waals surface area contributed by atoms with Gasteiger partial charge in [-0.3, -0.25) is 4.79 Å². The highest BCUT2D eigenvalue weighted by molar-refractivity contribution is 5.66. The number of hydrogen-bond acceptors (Lipinski definition) is 1. The van der Waals surface area contributed by atoms with Crippen molar-refractivity contribution in [3.05, 3.63) is 34.9 Å². The molecule has 0 saturated carbocycles. The Morgan fingerprint density at radius 3 is 1.91 bits per heavy atom. The van der Waals surface area contributed by atoms with Crippen LogP contribution in [0.15, 0.2) is 34.9 Å². The quantitative estimate of drug-likeness (QED) is 0.455. The van der Waals surface area contributed by atoms with E-state index >= 15 is 0 Å². The Labute approximate surface area is 137 Å². The summed E-state index contributed by atoms with van der Waals surface area (Å²) in [7, 11) is 0. The maximum atomic E-state index is 10.6. The standard InChI is InChI=1S/C20H34O2/c1-16(2)9-6-10-17(3)11-7-12-18(4)13-8-14-19(5)15-20(21)22/h9,11,13,19H,6-8,10,12,14-15H2,1-5H3,(H,21,22)/b17-11+,18-13+. The molecule has 22 heavy (non-hydrogen) atoms. The number of carbonyl (C=O) groups is 1. The van der Waals surface area contributed by atoms with Crippen LogP contribution in [0.5, 0.6) is 0 Å². The van der Waals surface area contributed by atoms with E-state index in [-0.39, 0.29) is 12.3 Å². The molecular formula is C20H34O2. The Bertz CT molecular complexity index is 409. The summed E-state index contributed by atoms with van der Waals surface area (Å²) >= 11 is 0. The van der Waals surface area contributed by atoms with Gasteiger partial charge in [0.05, 0.1) is 0 Å². The van der Waals surface area contributed by atoms with Crippen molar-refractivity contribution in [2.45, 2.75) is 79.6 Å². The molecule has 1 N–H and O–H groups in total. The average molecular weight is 306 g/mol. The zero-order valence-corrected chi connectivity index (χ0v) is 15.1. The topological polar surface area (TPSA) is 37.3 Å². The van der Waals surface area contributed by atoms with Gasteiger partial charge in [0.15, 0.2) is 0 Å². The first-order chi connectivity index (χ1) is 10.3. The first-order valence-corrected chi connectivity index (χ1v) is 8.47. The van der Waals surface area contributed by atoms with Crippen LogP contribution in [-0.4, -0.2) is 11.1 Å². The molecule has 1 atom stereocenters. The highest BCUT2D eigenvalue weighted by atomic mass is 16.4. The average Bonchev–Trinajstić information content (AvgIpc) is 2.37. The lowest BCUT2D eigenvalue weighted by molar-refractivity contribution is -0.138. The molecule has 126 valence electrons. The largest absolute Gasteiger partial charge is 0.481 e. The van der Waals surface area contributed by atoms with Crippen LogP contribution in [0.3, 0.4) is 0 Å². The Hall–Kier alpha value is -1.31. The second-order valence-corrected chi connectivity index (χ2v) is 6.74. The Morgan fingerprint density at radius 2 is 1.41 bits per heavy atom. The van der Waals surface area contributed by atoms with Gasteiger partial charge in [-0.05, 0) is 72.1 Å². The van der Waals surface area contributed by atoms with Crippen LogP contribution in [-0.2, 0) is 4.79 Å². The predicted molar refractivity (Wildman–Crippen MR) is 96.1 cm³/mol. The van der Waals surface area contributed by atoms with Gasteiger partial charge in [0.25, 0.3) is 0 Å². The second-order valence-electron chi connectivity index (χ2n) is 6.74. The summed E-state index contributed by atoms with van der Waals surface area (Å²) in [6.45, 7) is 10.7. The van der Waals surface area contributed by atoms with Gasteiger partial charge < -0.3 is 5.11 Å². The van der Waals surface area contributed by atoms with Crippen molar-refractivity contribution in [1.29, 1.82) is 0 Å². The van der Waals surface area contributed by atoms with Gasteiger partial charge in [-0.25, -0.2) is 0 Å². The second kappa shape index (κ2) is 12.3. The molecule has 0 aromatic rings. The Kier molecular flexibility index (Phi) is 11.5. The van der Waals surface area contributed by atoms with E-state index in [9.17, 15) is 4.79 Å². The number of aliphatic carboxylic acids is 1. The summed E-state index contributed by atoms with van der Waals surface area (Å²) in [5.74, 6) is -0.430. The molecule has 0 spiro atoms. The van der Waals surface area contributed by atoms with Gasteiger partial charge in [-0.2, -0.15) is 0 Å². The fourth-order valence-corrected chi connectivity index (χ4v) is 2.35. The number of rotatable bonds is 11. The molecule has 0 amide bonds. The van der Waals surface area contributed by atoms with E-state index in [1.54, 1.807) is 0 Å². The molecule has 0 saturated heterocycles.